The Morgan fingerprint density at radius 2 is 1.03 bits per heavy atom. The normalized spacial score (nSPS) is 11.0. The van der Waals surface area contributed by atoms with Crippen LogP contribution in [0, 0.1) is 20.2 Å². The average molecular weight is 497 g/mol. The van der Waals surface area contributed by atoms with E-state index in [0.29, 0.717) is 36.8 Å². The minimum absolute atomic E-state index is 0.0841. The lowest BCUT2D eigenvalue weighted by Crippen LogP contribution is -2.17. The Kier molecular flexibility index (Phi) is 11.9. The van der Waals surface area contributed by atoms with Crippen LogP contribution < -0.4 is 10.9 Å². The number of amides is 2. The van der Waals surface area contributed by atoms with E-state index in [-0.39, 0.29) is 23.2 Å². The van der Waals surface area contributed by atoms with Gasteiger partial charge >= 0.3 is 0 Å². The number of nitrogens with zero attached hydrogens (tertiary/aromatic N) is 4. The summed E-state index contributed by atoms with van der Waals surface area (Å²) < 4.78 is 0. The van der Waals surface area contributed by atoms with Crippen LogP contribution in [0.25, 0.3) is 0 Å². The van der Waals surface area contributed by atoms with E-state index >= 15 is 0 Å². The molecule has 0 aliphatic carbocycles. The van der Waals surface area contributed by atoms with E-state index < -0.39 is 9.85 Å². The van der Waals surface area contributed by atoms with Crippen molar-refractivity contribution in [3.05, 3.63) is 79.9 Å². The quantitative estimate of drug-likeness (QED) is 0.162. The molecule has 0 aromatic heterocycles. The molecule has 2 rings (SSSR count). The molecule has 2 N–H and O–H groups in total. The molecule has 0 radical (unpaired) electrons. The van der Waals surface area contributed by atoms with Gasteiger partial charge in [0.15, 0.2) is 0 Å². The first-order valence-electron chi connectivity index (χ1n) is 11.5. The second-order valence-electron chi connectivity index (χ2n) is 7.84. The van der Waals surface area contributed by atoms with Crippen LogP contribution in [0.4, 0.5) is 11.4 Å². The van der Waals surface area contributed by atoms with Crippen molar-refractivity contribution in [3.8, 4) is 0 Å². The molecule has 0 bridgehead atoms. The second kappa shape index (κ2) is 15.4. The number of para-hydroxylation sites is 2. The van der Waals surface area contributed by atoms with Gasteiger partial charge in [-0.25, -0.2) is 10.9 Å². The van der Waals surface area contributed by atoms with Gasteiger partial charge in [0.25, 0.3) is 11.4 Å². The van der Waals surface area contributed by atoms with Crippen molar-refractivity contribution >= 4 is 35.6 Å². The van der Waals surface area contributed by atoms with Crippen LogP contribution in [0.15, 0.2) is 58.7 Å². The standard InChI is InChI=1S/C24H28N6O6/c31-23(27-25-17-19-11-7-9-13-21(19)29(33)34)15-5-3-1-2-4-6-16-24(32)28-26-18-20-12-8-10-14-22(20)30(35)36/h7-14,17-18H,1-6,15-16H2,(H,27,31)(H,28,32). The Morgan fingerprint density at radius 1 is 0.667 bits per heavy atom. The lowest BCUT2D eigenvalue weighted by molar-refractivity contribution is -0.385. The number of nitro benzene ring substituents is 2. The number of unbranched alkanes of at least 4 members (excludes halogenated alkanes) is 5. The Labute approximate surface area is 207 Å². The minimum atomic E-state index is -0.509. The monoisotopic (exact) mass is 496 g/mol. The maximum absolute atomic E-state index is 11.8. The Morgan fingerprint density at radius 3 is 1.42 bits per heavy atom. The minimum Gasteiger partial charge on any atom is -0.273 e. The third-order valence-electron chi connectivity index (χ3n) is 5.11. The van der Waals surface area contributed by atoms with Crippen LogP contribution in [0.5, 0.6) is 0 Å². The summed E-state index contributed by atoms with van der Waals surface area (Å²) in [6.45, 7) is 0. The van der Waals surface area contributed by atoms with Crippen molar-refractivity contribution in [2.45, 2.75) is 51.4 Å². The largest absolute Gasteiger partial charge is 0.278 e. The van der Waals surface area contributed by atoms with Crippen LogP contribution >= 0.6 is 0 Å². The number of nitro groups is 2. The zero-order chi connectivity index (χ0) is 26.2. The number of hydrogen-bond acceptors (Lipinski definition) is 8. The van der Waals surface area contributed by atoms with Gasteiger partial charge in [0.05, 0.1) is 33.4 Å². The number of hydrogen-bond donors (Lipinski definition) is 2. The summed E-state index contributed by atoms with van der Waals surface area (Å²) in [5.41, 5.74) is 5.20. The van der Waals surface area contributed by atoms with Gasteiger partial charge in [-0.2, -0.15) is 10.2 Å². The summed E-state index contributed by atoms with van der Waals surface area (Å²) in [4.78, 5) is 44.6. The van der Waals surface area contributed by atoms with E-state index in [1.807, 2.05) is 0 Å². The zero-order valence-electron chi connectivity index (χ0n) is 19.7. The maximum atomic E-state index is 11.8. The average Bonchev–Trinajstić information content (AvgIpc) is 2.86. The summed E-state index contributed by atoms with van der Waals surface area (Å²) in [6, 6.07) is 12.2. The van der Waals surface area contributed by atoms with Gasteiger partial charge in [-0.3, -0.25) is 29.8 Å². The van der Waals surface area contributed by atoms with Crippen LogP contribution in [0.3, 0.4) is 0 Å². The van der Waals surface area contributed by atoms with Crippen molar-refractivity contribution in [1.82, 2.24) is 10.9 Å². The molecule has 0 spiro atoms. The van der Waals surface area contributed by atoms with E-state index in [1.165, 1.54) is 24.6 Å². The highest BCUT2D eigenvalue weighted by atomic mass is 16.6. The Balaban J connectivity index is 1.52. The Bertz CT molecular complexity index is 1030. The van der Waals surface area contributed by atoms with E-state index in [9.17, 15) is 29.8 Å². The van der Waals surface area contributed by atoms with Gasteiger partial charge in [0.1, 0.15) is 0 Å². The predicted octanol–water partition coefficient (Wildman–Crippen LogP) is 4.22. The highest BCUT2D eigenvalue weighted by molar-refractivity contribution is 5.87. The van der Waals surface area contributed by atoms with E-state index in [2.05, 4.69) is 21.1 Å². The summed E-state index contributed by atoms with van der Waals surface area (Å²) >= 11 is 0. The summed E-state index contributed by atoms with van der Waals surface area (Å²) in [7, 11) is 0. The molecule has 0 heterocycles. The molecule has 12 heteroatoms. The van der Waals surface area contributed by atoms with Crippen molar-refractivity contribution in [3.63, 3.8) is 0 Å². The number of nitrogens with one attached hydrogen (secondary N) is 2. The molecule has 0 atom stereocenters. The molecule has 12 nitrogen and oxygen atoms in total. The number of rotatable bonds is 15. The molecular weight excluding hydrogens is 468 g/mol. The molecule has 0 saturated heterocycles. The molecule has 0 fully saturated rings. The predicted molar refractivity (Wildman–Crippen MR) is 135 cm³/mol. The summed E-state index contributed by atoms with van der Waals surface area (Å²) in [6.07, 6.45) is 8.03. The molecule has 0 aliphatic rings. The van der Waals surface area contributed by atoms with E-state index in [0.717, 1.165) is 25.7 Å². The fraction of sp³-hybridized carbons (Fsp3) is 0.333. The second-order valence-corrected chi connectivity index (χ2v) is 7.84. The van der Waals surface area contributed by atoms with Crippen molar-refractivity contribution in [2.24, 2.45) is 10.2 Å². The molecular formula is C24H28N6O6. The molecule has 2 amide bonds. The van der Waals surface area contributed by atoms with Crippen LogP contribution in [0.2, 0.25) is 0 Å². The van der Waals surface area contributed by atoms with E-state index in [4.69, 9.17) is 0 Å². The van der Waals surface area contributed by atoms with Crippen LogP contribution in [0.1, 0.15) is 62.5 Å². The summed E-state index contributed by atoms with van der Waals surface area (Å²) in [5, 5.41) is 29.5. The third-order valence-corrected chi connectivity index (χ3v) is 5.11. The number of hydrazone groups is 2. The fourth-order valence-corrected chi connectivity index (χ4v) is 3.26. The first-order valence-corrected chi connectivity index (χ1v) is 11.5. The van der Waals surface area contributed by atoms with Gasteiger partial charge in [-0.05, 0) is 25.0 Å². The molecule has 36 heavy (non-hydrogen) atoms. The number of carbonyl (C=O) groups excluding carboxylic acids is 2. The first-order chi connectivity index (χ1) is 17.4. The highest BCUT2D eigenvalue weighted by Crippen LogP contribution is 2.16. The molecule has 0 aliphatic heterocycles. The van der Waals surface area contributed by atoms with Gasteiger partial charge in [0.2, 0.25) is 11.8 Å². The van der Waals surface area contributed by atoms with Crippen molar-refractivity contribution in [1.29, 1.82) is 0 Å². The number of benzene rings is 2. The molecule has 0 saturated carbocycles. The zero-order valence-corrected chi connectivity index (χ0v) is 19.7. The SMILES string of the molecule is O=C(CCCCCCCCC(=O)NN=Cc1ccccc1[N+](=O)[O-])NN=Cc1ccccc1[N+](=O)[O-]. The van der Waals surface area contributed by atoms with Gasteiger partial charge in [0, 0.05) is 25.0 Å². The lowest BCUT2D eigenvalue weighted by Gasteiger charge is -2.02. The van der Waals surface area contributed by atoms with Crippen LogP contribution in [-0.2, 0) is 9.59 Å². The molecule has 2 aromatic carbocycles. The van der Waals surface area contributed by atoms with Crippen molar-refractivity contribution < 1.29 is 19.4 Å². The molecule has 190 valence electrons. The van der Waals surface area contributed by atoms with Gasteiger partial charge in [-0.15, -0.1) is 0 Å². The van der Waals surface area contributed by atoms with E-state index in [1.54, 1.807) is 36.4 Å². The molecule has 0 unspecified atom stereocenters. The topological polar surface area (TPSA) is 169 Å². The third kappa shape index (κ3) is 10.2. The first kappa shape index (κ1) is 27.8. The number of carbonyl (C=O) groups is 2. The van der Waals surface area contributed by atoms with Gasteiger partial charge < -0.3 is 0 Å². The molecule has 2 aromatic rings. The smallest absolute Gasteiger partial charge is 0.273 e. The highest BCUT2D eigenvalue weighted by Gasteiger charge is 2.11. The van der Waals surface area contributed by atoms with Crippen molar-refractivity contribution in [2.75, 3.05) is 0 Å². The lowest BCUT2D eigenvalue weighted by atomic mass is 10.1. The Hall–Kier alpha value is -4.48. The maximum Gasteiger partial charge on any atom is 0.278 e. The summed E-state index contributed by atoms with van der Waals surface area (Å²) in [5.74, 6) is -0.522. The fourth-order valence-electron chi connectivity index (χ4n) is 3.26. The van der Waals surface area contributed by atoms with Crippen LogP contribution in [-0.4, -0.2) is 34.1 Å². The van der Waals surface area contributed by atoms with Gasteiger partial charge in [-0.1, -0.05) is 49.9 Å².